The van der Waals surface area contributed by atoms with Gasteiger partial charge in [0.2, 0.25) is 0 Å². The number of amides is 4. The minimum atomic E-state index is -4.48. The van der Waals surface area contributed by atoms with E-state index in [2.05, 4.69) is 21.3 Å². The normalized spacial score (nSPS) is 23.4. The van der Waals surface area contributed by atoms with Crippen LogP contribution in [0.2, 0.25) is 0 Å². The number of carbonyl (C=O) groups is 2. The predicted molar refractivity (Wildman–Crippen MR) is 143 cm³/mol. The van der Waals surface area contributed by atoms with E-state index in [0.29, 0.717) is 11.8 Å². The standard InChI is InChI=1S/C29H34F6N4O2/c30-28(31,32)20-3-1-5-24(16-20)38-26(40)36-22-11-7-18(8-12-22)15-19-9-13-23(14-10-19)37-27(41)39-25-6-2-4-21(17-25)29(33,34)35/h1-6,16-19,22-23H,7-15H2,(H2,36,38,40)(H2,37,39,41). The number of hydrogen-bond acceptors (Lipinski definition) is 2. The molecule has 224 valence electrons. The molecule has 2 aliphatic carbocycles. The molecule has 2 aliphatic rings. The number of alkyl halides is 6. The second-order valence-corrected chi connectivity index (χ2v) is 11.0. The molecule has 0 aliphatic heterocycles. The van der Waals surface area contributed by atoms with Gasteiger partial charge in [0.15, 0.2) is 0 Å². The maximum Gasteiger partial charge on any atom is 0.416 e. The highest BCUT2D eigenvalue weighted by Gasteiger charge is 2.32. The molecule has 4 amide bonds. The first-order valence-corrected chi connectivity index (χ1v) is 13.8. The fraction of sp³-hybridized carbons (Fsp3) is 0.517. The van der Waals surface area contributed by atoms with Gasteiger partial charge in [0, 0.05) is 23.5 Å². The topological polar surface area (TPSA) is 82.3 Å². The molecule has 41 heavy (non-hydrogen) atoms. The molecule has 0 aromatic heterocycles. The number of halogens is 6. The van der Waals surface area contributed by atoms with Crippen molar-refractivity contribution in [2.45, 2.75) is 82.2 Å². The van der Waals surface area contributed by atoms with Gasteiger partial charge < -0.3 is 21.3 Å². The average Bonchev–Trinajstić information content (AvgIpc) is 2.90. The minimum absolute atomic E-state index is 0.0349. The Hall–Kier alpha value is -3.44. The zero-order chi connectivity index (χ0) is 29.6. The zero-order valence-electron chi connectivity index (χ0n) is 22.4. The first-order chi connectivity index (χ1) is 19.3. The van der Waals surface area contributed by atoms with Gasteiger partial charge in [0.25, 0.3) is 0 Å². The van der Waals surface area contributed by atoms with Crippen molar-refractivity contribution in [3.8, 4) is 0 Å². The molecule has 6 nitrogen and oxygen atoms in total. The van der Waals surface area contributed by atoms with Crippen LogP contribution in [0.15, 0.2) is 48.5 Å². The molecule has 4 N–H and O–H groups in total. The number of nitrogens with one attached hydrogen (secondary N) is 4. The maximum absolute atomic E-state index is 12.9. The highest BCUT2D eigenvalue weighted by Crippen LogP contribution is 2.36. The van der Waals surface area contributed by atoms with Crippen molar-refractivity contribution in [3.05, 3.63) is 59.7 Å². The third kappa shape index (κ3) is 9.29. The molecule has 0 spiro atoms. The molecule has 0 radical (unpaired) electrons. The van der Waals surface area contributed by atoms with Gasteiger partial charge in [-0.1, -0.05) is 12.1 Å². The Bertz CT molecular complexity index is 1090. The number of rotatable bonds is 6. The van der Waals surface area contributed by atoms with Gasteiger partial charge in [-0.25, -0.2) is 9.59 Å². The molecule has 12 heteroatoms. The lowest BCUT2D eigenvalue weighted by atomic mass is 9.75. The number of hydrogen-bond donors (Lipinski definition) is 4. The lowest BCUT2D eigenvalue weighted by Crippen LogP contribution is -2.41. The summed E-state index contributed by atoms with van der Waals surface area (Å²) < 4.78 is 77.3. The van der Waals surface area contributed by atoms with E-state index in [1.54, 1.807) is 0 Å². The first-order valence-electron chi connectivity index (χ1n) is 13.8. The van der Waals surface area contributed by atoms with Crippen LogP contribution in [-0.4, -0.2) is 24.1 Å². The molecule has 0 unspecified atom stereocenters. The number of benzene rings is 2. The van der Waals surface area contributed by atoms with Crippen LogP contribution in [-0.2, 0) is 12.4 Å². The van der Waals surface area contributed by atoms with Crippen molar-refractivity contribution in [2.75, 3.05) is 10.6 Å². The summed E-state index contributed by atoms with van der Waals surface area (Å²) in [7, 11) is 0. The summed E-state index contributed by atoms with van der Waals surface area (Å²) in [5.74, 6) is 1.05. The van der Waals surface area contributed by atoms with Gasteiger partial charge in [-0.2, -0.15) is 26.3 Å². The summed E-state index contributed by atoms with van der Waals surface area (Å²) in [5, 5.41) is 10.7. The van der Waals surface area contributed by atoms with E-state index in [1.165, 1.54) is 24.3 Å². The van der Waals surface area contributed by atoms with E-state index in [-0.39, 0.29) is 23.5 Å². The van der Waals surface area contributed by atoms with Crippen LogP contribution in [0.4, 0.5) is 47.3 Å². The van der Waals surface area contributed by atoms with Crippen LogP contribution in [0.1, 0.15) is 68.9 Å². The van der Waals surface area contributed by atoms with Gasteiger partial charge in [-0.3, -0.25) is 0 Å². The molecular weight excluding hydrogens is 550 g/mol. The second-order valence-electron chi connectivity index (χ2n) is 11.0. The van der Waals surface area contributed by atoms with Crippen LogP contribution in [0.25, 0.3) is 0 Å². The van der Waals surface area contributed by atoms with Crippen molar-refractivity contribution in [2.24, 2.45) is 11.8 Å². The van der Waals surface area contributed by atoms with Crippen LogP contribution in [0.5, 0.6) is 0 Å². The lowest BCUT2D eigenvalue weighted by Gasteiger charge is -2.34. The summed E-state index contributed by atoms with van der Waals surface area (Å²) in [5.41, 5.74) is -1.47. The predicted octanol–water partition coefficient (Wildman–Crippen LogP) is 8.18. The summed E-state index contributed by atoms with van der Waals surface area (Å²) in [6, 6.07) is 7.95. The maximum atomic E-state index is 12.9. The van der Waals surface area contributed by atoms with Gasteiger partial charge in [0.1, 0.15) is 0 Å². The van der Waals surface area contributed by atoms with Crippen LogP contribution < -0.4 is 21.3 Å². The summed E-state index contributed by atoms with van der Waals surface area (Å²) in [6.07, 6.45) is -0.900. The van der Waals surface area contributed by atoms with Gasteiger partial charge >= 0.3 is 24.4 Å². The Labute approximate surface area is 234 Å². The van der Waals surface area contributed by atoms with E-state index < -0.39 is 35.5 Å². The fourth-order valence-corrected chi connectivity index (χ4v) is 5.81. The molecule has 2 aromatic carbocycles. The van der Waals surface area contributed by atoms with Gasteiger partial charge in [-0.05, 0) is 106 Å². The summed E-state index contributed by atoms with van der Waals surface area (Å²) in [6.45, 7) is 0. The molecule has 0 atom stereocenters. The van der Waals surface area contributed by atoms with E-state index in [9.17, 15) is 35.9 Å². The summed E-state index contributed by atoms with van der Waals surface area (Å²) >= 11 is 0. The highest BCUT2D eigenvalue weighted by molar-refractivity contribution is 5.90. The molecule has 0 heterocycles. The monoisotopic (exact) mass is 584 g/mol. The number of anilines is 2. The largest absolute Gasteiger partial charge is 0.416 e. The second kappa shape index (κ2) is 13.0. The van der Waals surface area contributed by atoms with Crippen molar-refractivity contribution in [1.29, 1.82) is 0 Å². The molecule has 2 saturated carbocycles. The average molecular weight is 585 g/mol. The molecular formula is C29H34F6N4O2. The quantitative estimate of drug-likeness (QED) is 0.258. The van der Waals surface area contributed by atoms with Crippen molar-refractivity contribution >= 4 is 23.4 Å². The highest BCUT2D eigenvalue weighted by atomic mass is 19.4. The van der Waals surface area contributed by atoms with Crippen molar-refractivity contribution in [1.82, 2.24) is 10.6 Å². The SMILES string of the molecule is O=C(Nc1cccc(C(F)(F)F)c1)NC1CCC(CC2CCC(NC(=O)Nc3cccc(C(F)(F)F)c3)CC2)CC1. The van der Waals surface area contributed by atoms with E-state index >= 15 is 0 Å². The Morgan fingerprint density at radius 3 is 1.32 bits per heavy atom. The first kappa shape index (κ1) is 30.5. The van der Waals surface area contributed by atoms with E-state index in [1.807, 2.05) is 0 Å². The van der Waals surface area contributed by atoms with E-state index in [4.69, 9.17) is 0 Å². The molecule has 0 saturated heterocycles. The number of carbonyl (C=O) groups excluding carboxylic acids is 2. The summed E-state index contributed by atoms with van der Waals surface area (Å²) in [4.78, 5) is 24.6. The molecule has 0 bridgehead atoms. The zero-order valence-corrected chi connectivity index (χ0v) is 22.4. The fourth-order valence-electron chi connectivity index (χ4n) is 5.81. The third-order valence-electron chi connectivity index (χ3n) is 7.93. The van der Waals surface area contributed by atoms with E-state index in [0.717, 1.165) is 82.1 Å². The Kier molecular flexibility index (Phi) is 9.70. The Morgan fingerprint density at radius 2 is 0.976 bits per heavy atom. The van der Waals surface area contributed by atoms with Crippen LogP contribution in [0, 0.1) is 11.8 Å². The Morgan fingerprint density at radius 1 is 0.610 bits per heavy atom. The van der Waals surface area contributed by atoms with Crippen molar-refractivity contribution in [3.63, 3.8) is 0 Å². The number of urea groups is 2. The van der Waals surface area contributed by atoms with Crippen LogP contribution in [0.3, 0.4) is 0 Å². The van der Waals surface area contributed by atoms with Gasteiger partial charge in [0.05, 0.1) is 11.1 Å². The lowest BCUT2D eigenvalue weighted by molar-refractivity contribution is -0.138. The van der Waals surface area contributed by atoms with Crippen LogP contribution >= 0.6 is 0 Å². The van der Waals surface area contributed by atoms with Gasteiger partial charge in [-0.15, -0.1) is 0 Å². The molecule has 2 aromatic rings. The molecule has 4 rings (SSSR count). The third-order valence-corrected chi connectivity index (χ3v) is 7.93. The smallest absolute Gasteiger partial charge is 0.335 e. The molecule has 2 fully saturated rings. The Balaban J connectivity index is 1.13. The minimum Gasteiger partial charge on any atom is -0.335 e. The van der Waals surface area contributed by atoms with Crippen molar-refractivity contribution < 1.29 is 35.9 Å².